The Morgan fingerprint density at radius 1 is 1.33 bits per heavy atom. The summed E-state index contributed by atoms with van der Waals surface area (Å²) in [5.74, 6) is 0.576. The zero-order valence-electron chi connectivity index (χ0n) is 10.5. The molecular weight excluding hydrogens is 232 g/mol. The van der Waals surface area contributed by atoms with Gasteiger partial charge in [0.05, 0.1) is 13.0 Å². The highest BCUT2D eigenvalue weighted by atomic mass is 16.5. The van der Waals surface area contributed by atoms with Crippen molar-refractivity contribution in [2.45, 2.75) is 19.3 Å². The molecule has 1 unspecified atom stereocenters. The lowest BCUT2D eigenvalue weighted by Crippen LogP contribution is -2.33. The Hall–Kier alpha value is -1.71. The van der Waals surface area contributed by atoms with Gasteiger partial charge in [0.15, 0.2) is 0 Å². The number of carboxylic acid groups (broad SMARTS) is 1. The SMILES string of the molecule is COc1ccc(OCC(C(=O)O)C2CCC2)cc1. The van der Waals surface area contributed by atoms with Gasteiger partial charge in [-0.15, -0.1) is 0 Å². The van der Waals surface area contributed by atoms with Crippen LogP contribution in [0.25, 0.3) is 0 Å². The molecule has 0 aliphatic heterocycles. The predicted molar refractivity (Wildman–Crippen MR) is 67.0 cm³/mol. The zero-order chi connectivity index (χ0) is 13.0. The number of hydrogen-bond donors (Lipinski definition) is 1. The van der Waals surface area contributed by atoms with Gasteiger partial charge in [0.2, 0.25) is 0 Å². The molecule has 1 aliphatic rings. The Morgan fingerprint density at radius 2 is 1.94 bits per heavy atom. The lowest BCUT2D eigenvalue weighted by atomic mass is 9.76. The van der Waals surface area contributed by atoms with Crippen LogP contribution in [0.5, 0.6) is 11.5 Å². The maximum Gasteiger partial charge on any atom is 0.310 e. The topological polar surface area (TPSA) is 55.8 Å². The summed E-state index contributed by atoms with van der Waals surface area (Å²) in [6, 6.07) is 7.18. The normalized spacial score (nSPS) is 16.7. The van der Waals surface area contributed by atoms with Crippen LogP contribution in [0, 0.1) is 11.8 Å². The van der Waals surface area contributed by atoms with Crippen LogP contribution in [-0.4, -0.2) is 24.8 Å². The lowest BCUT2D eigenvalue weighted by Gasteiger charge is -2.30. The molecular formula is C14H18O4. The third-order valence-corrected chi connectivity index (χ3v) is 3.53. The summed E-state index contributed by atoms with van der Waals surface area (Å²) in [5.41, 5.74) is 0. The number of carboxylic acids is 1. The molecule has 1 aromatic carbocycles. The Labute approximate surface area is 107 Å². The van der Waals surface area contributed by atoms with E-state index in [1.807, 2.05) is 0 Å². The molecule has 1 aliphatic carbocycles. The van der Waals surface area contributed by atoms with E-state index in [1.165, 1.54) is 0 Å². The summed E-state index contributed by atoms with van der Waals surface area (Å²) >= 11 is 0. The number of aliphatic carboxylic acids is 1. The summed E-state index contributed by atoms with van der Waals surface area (Å²) in [4.78, 5) is 11.2. The van der Waals surface area contributed by atoms with Crippen molar-refractivity contribution >= 4 is 5.97 Å². The number of benzene rings is 1. The number of ether oxygens (including phenoxy) is 2. The van der Waals surface area contributed by atoms with E-state index in [0.717, 1.165) is 25.0 Å². The van der Waals surface area contributed by atoms with Crippen molar-refractivity contribution < 1.29 is 19.4 Å². The Bertz CT molecular complexity index is 395. The van der Waals surface area contributed by atoms with E-state index >= 15 is 0 Å². The molecule has 1 aromatic rings. The second kappa shape index (κ2) is 5.76. The first kappa shape index (κ1) is 12.7. The molecule has 0 spiro atoms. The summed E-state index contributed by atoms with van der Waals surface area (Å²) in [6.07, 6.45) is 3.14. The van der Waals surface area contributed by atoms with Crippen molar-refractivity contribution in [1.29, 1.82) is 0 Å². The van der Waals surface area contributed by atoms with Gasteiger partial charge in [-0.3, -0.25) is 4.79 Å². The third kappa shape index (κ3) is 2.94. The van der Waals surface area contributed by atoms with Gasteiger partial charge in [-0.2, -0.15) is 0 Å². The fraction of sp³-hybridized carbons (Fsp3) is 0.500. The molecule has 0 saturated heterocycles. The minimum atomic E-state index is -0.756. The van der Waals surface area contributed by atoms with Crippen molar-refractivity contribution in [3.8, 4) is 11.5 Å². The maximum absolute atomic E-state index is 11.2. The van der Waals surface area contributed by atoms with Crippen LogP contribution < -0.4 is 9.47 Å². The third-order valence-electron chi connectivity index (χ3n) is 3.53. The number of rotatable bonds is 6. The molecule has 0 radical (unpaired) electrons. The van der Waals surface area contributed by atoms with Crippen molar-refractivity contribution in [3.63, 3.8) is 0 Å². The quantitative estimate of drug-likeness (QED) is 0.843. The summed E-state index contributed by atoms with van der Waals surface area (Å²) in [7, 11) is 1.60. The molecule has 98 valence electrons. The minimum absolute atomic E-state index is 0.242. The fourth-order valence-corrected chi connectivity index (χ4v) is 2.11. The van der Waals surface area contributed by atoms with E-state index in [9.17, 15) is 4.79 Å². The lowest BCUT2D eigenvalue weighted by molar-refractivity contribution is -0.146. The molecule has 1 atom stereocenters. The smallest absolute Gasteiger partial charge is 0.310 e. The Kier molecular flexibility index (Phi) is 4.07. The zero-order valence-corrected chi connectivity index (χ0v) is 10.5. The standard InChI is InChI=1S/C14H18O4/c1-17-11-5-7-12(8-6-11)18-9-13(14(15)16)10-3-2-4-10/h5-8,10,13H,2-4,9H2,1H3,(H,15,16). The highest BCUT2D eigenvalue weighted by Gasteiger charge is 2.33. The highest BCUT2D eigenvalue weighted by Crippen LogP contribution is 2.34. The second-order valence-corrected chi connectivity index (χ2v) is 4.62. The van der Waals surface area contributed by atoms with Crippen LogP contribution in [0.2, 0.25) is 0 Å². The van der Waals surface area contributed by atoms with Gasteiger partial charge < -0.3 is 14.6 Å². The van der Waals surface area contributed by atoms with Crippen LogP contribution >= 0.6 is 0 Å². The van der Waals surface area contributed by atoms with Gasteiger partial charge in [-0.05, 0) is 43.0 Å². The maximum atomic E-state index is 11.2. The van der Waals surface area contributed by atoms with Crippen LogP contribution in [0.15, 0.2) is 24.3 Å². The fourth-order valence-electron chi connectivity index (χ4n) is 2.11. The van der Waals surface area contributed by atoms with Crippen molar-refractivity contribution in [3.05, 3.63) is 24.3 Å². The molecule has 2 rings (SSSR count). The number of methoxy groups -OCH3 is 1. The van der Waals surface area contributed by atoms with Crippen molar-refractivity contribution in [1.82, 2.24) is 0 Å². The van der Waals surface area contributed by atoms with Crippen LogP contribution in [0.4, 0.5) is 0 Å². The first-order chi connectivity index (χ1) is 8.70. The van der Waals surface area contributed by atoms with E-state index < -0.39 is 5.97 Å². The van der Waals surface area contributed by atoms with Gasteiger partial charge in [0.25, 0.3) is 0 Å². The van der Waals surface area contributed by atoms with E-state index in [2.05, 4.69) is 0 Å². The van der Waals surface area contributed by atoms with Crippen LogP contribution in [0.3, 0.4) is 0 Å². The van der Waals surface area contributed by atoms with Crippen molar-refractivity contribution in [2.75, 3.05) is 13.7 Å². The first-order valence-corrected chi connectivity index (χ1v) is 6.20. The average molecular weight is 250 g/mol. The molecule has 4 nitrogen and oxygen atoms in total. The average Bonchev–Trinajstić information content (AvgIpc) is 2.32. The van der Waals surface area contributed by atoms with E-state index in [0.29, 0.717) is 5.75 Å². The molecule has 0 aromatic heterocycles. The largest absolute Gasteiger partial charge is 0.497 e. The monoisotopic (exact) mass is 250 g/mol. The molecule has 1 N–H and O–H groups in total. The molecule has 0 bridgehead atoms. The van der Waals surface area contributed by atoms with E-state index in [-0.39, 0.29) is 18.4 Å². The summed E-state index contributed by atoms with van der Waals surface area (Å²) in [6.45, 7) is 0.242. The molecule has 1 fully saturated rings. The van der Waals surface area contributed by atoms with Gasteiger partial charge in [0, 0.05) is 0 Å². The van der Waals surface area contributed by atoms with Gasteiger partial charge in [0.1, 0.15) is 18.1 Å². The van der Waals surface area contributed by atoms with Crippen LogP contribution in [0.1, 0.15) is 19.3 Å². The second-order valence-electron chi connectivity index (χ2n) is 4.62. The first-order valence-electron chi connectivity index (χ1n) is 6.20. The minimum Gasteiger partial charge on any atom is -0.497 e. The number of hydrogen-bond acceptors (Lipinski definition) is 3. The Balaban J connectivity index is 1.89. The summed E-state index contributed by atoms with van der Waals surface area (Å²) in [5, 5.41) is 9.17. The van der Waals surface area contributed by atoms with Crippen LogP contribution in [-0.2, 0) is 4.79 Å². The molecule has 1 saturated carbocycles. The molecule has 0 amide bonds. The van der Waals surface area contributed by atoms with Gasteiger partial charge >= 0.3 is 5.97 Å². The number of carbonyl (C=O) groups is 1. The predicted octanol–water partition coefficient (Wildman–Crippen LogP) is 2.57. The van der Waals surface area contributed by atoms with Gasteiger partial charge in [-0.25, -0.2) is 0 Å². The highest BCUT2D eigenvalue weighted by molar-refractivity contribution is 5.70. The van der Waals surface area contributed by atoms with Crippen molar-refractivity contribution in [2.24, 2.45) is 11.8 Å². The molecule has 0 heterocycles. The van der Waals surface area contributed by atoms with E-state index in [4.69, 9.17) is 14.6 Å². The molecule has 4 heteroatoms. The Morgan fingerprint density at radius 3 is 2.39 bits per heavy atom. The summed E-state index contributed by atoms with van der Waals surface area (Å²) < 4.78 is 10.6. The molecule has 18 heavy (non-hydrogen) atoms. The van der Waals surface area contributed by atoms with E-state index in [1.54, 1.807) is 31.4 Å². The van der Waals surface area contributed by atoms with Gasteiger partial charge in [-0.1, -0.05) is 6.42 Å².